The zero-order valence-corrected chi connectivity index (χ0v) is 10.9. The Morgan fingerprint density at radius 3 is 2.60 bits per heavy atom. The Bertz CT molecular complexity index is 576. The first kappa shape index (κ1) is 13.1. The largest absolute Gasteiger partial charge is 0.447 e. The minimum atomic E-state index is -1.11. The fourth-order valence-electron chi connectivity index (χ4n) is 2.52. The molecule has 2 aliphatic heterocycles. The van der Waals surface area contributed by atoms with Crippen LogP contribution in [-0.2, 0) is 15.1 Å². The fraction of sp³-hybridized carbons (Fsp3) is 0.538. The first-order valence-electron chi connectivity index (χ1n) is 6.58. The van der Waals surface area contributed by atoms with Crippen LogP contribution in [0.4, 0.5) is 10.6 Å². The zero-order valence-electron chi connectivity index (χ0n) is 10.9. The molecule has 7 heteroatoms. The van der Waals surface area contributed by atoms with Crippen molar-refractivity contribution in [1.29, 1.82) is 0 Å². The molecule has 2 saturated heterocycles. The number of amides is 1. The van der Waals surface area contributed by atoms with Gasteiger partial charge in [0.15, 0.2) is 5.43 Å². The lowest BCUT2D eigenvalue weighted by atomic mass is 9.90. The molecule has 0 saturated carbocycles. The van der Waals surface area contributed by atoms with Gasteiger partial charge < -0.3 is 19.6 Å². The third-order valence-electron chi connectivity index (χ3n) is 3.70. The average Bonchev–Trinajstić information content (AvgIpc) is 2.85. The molecule has 20 heavy (non-hydrogen) atoms. The number of cyclic esters (lactones) is 1. The SMILES string of the molecule is O=C1OCCN1c1cc(=O)cc(C2(O)CCOCC2)[nH]1. The Hall–Kier alpha value is -1.86. The quantitative estimate of drug-likeness (QED) is 0.814. The number of nitrogens with one attached hydrogen (secondary N) is 1. The van der Waals surface area contributed by atoms with Crippen molar-refractivity contribution < 1.29 is 19.4 Å². The lowest BCUT2D eigenvalue weighted by Gasteiger charge is -2.32. The predicted molar refractivity (Wildman–Crippen MR) is 69.7 cm³/mol. The number of rotatable bonds is 2. The average molecular weight is 280 g/mol. The van der Waals surface area contributed by atoms with Crippen LogP contribution in [0.5, 0.6) is 0 Å². The molecule has 0 aromatic carbocycles. The third-order valence-corrected chi connectivity index (χ3v) is 3.70. The summed E-state index contributed by atoms with van der Waals surface area (Å²) in [5, 5.41) is 10.6. The highest BCUT2D eigenvalue weighted by Crippen LogP contribution is 2.31. The van der Waals surface area contributed by atoms with E-state index in [2.05, 4.69) is 4.98 Å². The van der Waals surface area contributed by atoms with E-state index >= 15 is 0 Å². The van der Waals surface area contributed by atoms with Crippen molar-refractivity contribution in [2.24, 2.45) is 0 Å². The van der Waals surface area contributed by atoms with Crippen LogP contribution in [0.3, 0.4) is 0 Å². The number of H-pyrrole nitrogens is 1. The van der Waals surface area contributed by atoms with E-state index in [9.17, 15) is 14.7 Å². The Labute approximate surface area is 115 Å². The maximum atomic E-state index is 11.8. The Morgan fingerprint density at radius 2 is 1.95 bits per heavy atom. The van der Waals surface area contributed by atoms with Crippen molar-refractivity contribution in [3.05, 3.63) is 28.0 Å². The molecular formula is C13H16N2O5. The number of aliphatic hydroxyl groups is 1. The van der Waals surface area contributed by atoms with Gasteiger partial charge in [0.1, 0.15) is 18.0 Å². The summed E-state index contributed by atoms with van der Waals surface area (Å²) >= 11 is 0. The van der Waals surface area contributed by atoms with Gasteiger partial charge in [0.2, 0.25) is 0 Å². The zero-order chi connectivity index (χ0) is 14.2. The van der Waals surface area contributed by atoms with E-state index in [4.69, 9.17) is 9.47 Å². The molecular weight excluding hydrogens is 264 g/mol. The second-order valence-electron chi connectivity index (χ2n) is 5.02. The molecule has 0 atom stereocenters. The van der Waals surface area contributed by atoms with E-state index in [1.165, 1.54) is 17.0 Å². The van der Waals surface area contributed by atoms with Gasteiger partial charge in [0.05, 0.1) is 12.2 Å². The number of carbonyl (C=O) groups is 1. The predicted octanol–water partition coefficient (Wildman–Crippen LogP) is 0.329. The van der Waals surface area contributed by atoms with Gasteiger partial charge in [-0.25, -0.2) is 4.79 Å². The summed E-state index contributed by atoms with van der Waals surface area (Å²) in [5.41, 5.74) is -0.951. The minimum absolute atomic E-state index is 0.256. The smallest absolute Gasteiger partial charge is 0.415 e. The van der Waals surface area contributed by atoms with Crippen LogP contribution in [0.15, 0.2) is 16.9 Å². The van der Waals surface area contributed by atoms with E-state index < -0.39 is 11.7 Å². The molecule has 0 unspecified atom stereocenters. The molecule has 2 aliphatic rings. The topological polar surface area (TPSA) is 91.9 Å². The number of anilines is 1. The van der Waals surface area contributed by atoms with Crippen molar-refractivity contribution in [3.63, 3.8) is 0 Å². The number of ether oxygens (including phenoxy) is 2. The van der Waals surface area contributed by atoms with Crippen LogP contribution in [-0.4, -0.2) is 42.5 Å². The van der Waals surface area contributed by atoms with Crippen LogP contribution in [0.25, 0.3) is 0 Å². The van der Waals surface area contributed by atoms with Crippen molar-refractivity contribution in [2.45, 2.75) is 18.4 Å². The van der Waals surface area contributed by atoms with E-state index in [1.807, 2.05) is 0 Å². The molecule has 1 amide bonds. The number of aromatic amines is 1. The molecule has 0 radical (unpaired) electrons. The summed E-state index contributed by atoms with van der Waals surface area (Å²) in [6.07, 6.45) is 0.338. The van der Waals surface area contributed by atoms with Gasteiger partial charge in [-0.15, -0.1) is 0 Å². The molecule has 1 aromatic rings. The highest BCUT2D eigenvalue weighted by atomic mass is 16.6. The normalized spacial score (nSPS) is 21.9. The first-order chi connectivity index (χ1) is 9.58. The van der Waals surface area contributed by atoms with Crippen LogP contribution < -0.4 is 10.3 Å². The maximum absolute atomic E-state index is 11.8. The summed E-state index contributed by atoms with van der Waals surface area (Å²) in [6.45, 7) is 1.56. The molecule has 0 spiro atoms. The standard InChI is InChI=1S/C13H16N2O5/c16-9-7-10(13(18)1-4-19-5-2-13)14-11(8-9)15-3-6-20-12(15)17/h7-8,18H,1-6H2,(H,14,16). The van der Waals surface area contributed by atoms with Crippen LogP contribution in [0, 0.1) is 0 Å². The summed E-state index contributed by atoms with van der Waals surface area (Å²) < 4.78 is 10.1. The summed E-state index contributed by atoms with van der Waals surface area (Å²) in [5.74, 6) is 0.356. The second-order valence-corrected chi connectivity index (χ2v) is 5.02. The molecule has 2 N–H and O–H groups in total. The summed E-state index contributed by atoms with van der Waals surface area (Å²) in [6, 6.07) is 2.70. The number of pyridine rings is 1. The number of aromatic nitrogens is 1. The Balaban J connectivity index is 1.98. The Kier molecular flexibility index (Phi) is 3.23. The minimum Gasteiger partial charge on any atom is -0.447 e. The van der Waals surface area contributed by atoms with E-state index in [0.717, 1.165) is 0 Å². The molecule has 108 valence electrons. The van der Waals surface area contributed by atoms with E-state index in [1.54, 1.807) is 0 Å². The molecule has 7 nitrogen and oxygen atoms in total. The van der Waals surface area contributed by atoms with Gasteiger partial charge >= 0.3 is 6.09 Å². The van der Waals surface area contributed by atoms with Gasteiger partial charge in [0.25, 0.3) is 0 Å². The van der Waals surface area contributed by atoms with Crippen LogP contribution in [0.2, 0.25) is 0 Å². The van der Waals surface area contributed by atoms with Crippen molar-refractivity contribution in [2.75, 3.05) is 31.3 Å². The molecule has 0 bridgehead atoms. The number of hydrogen-bond acceptors (Lipinski definition) is 5. The number of carbonyl (C=O) groups excluding carboxylic acids is 1. The lowest BCUT2D eigenvalue weighted by Crippen LogP contribution is -2.36. The Morgan fingerprint density at radius 1 is 1.20 bits per heavy atom. The molecule has 3 rings (SSSR count). The fourth-order valence-corrected chi connectivity index (χ4v) is 2.52. The second kappa shape index (κ2) is 4.92. The van der Waals surface area contributed by atoms with Gasteiger partial charge in [0, 0.05) is 38.2 Å². The van der Waals surface area contributed by atoms with Crippen molar-refractivity contribution in [1.82, 2.24) is 4.98 Å². The maximum Gasteiger partial charge on any atom is 0.415 e. The summed E-state index contributed by atoms with van der Waals surface area (Å²) in [7, 11) is 0. The van der Waals surface area contributed by atoms with Gasteiger partial charge in [-0.3, -0.25) is 9.69 Å². The van der Waals surface area contributed by atoms with Crippen LogP contribution in [0.1, 0.15) is 18.5 Å². The van der Waals surface area contributed by atoms with Crippen molar-refractivity contribution in [3.8, 4) is 0 Å². The third kappa shape index (κ3) is 2.30. The summed E-state index contributed by atoms with van der Waals surface area (Å²) in [4.78, 5) is 27.7. The first-order valence-corrected chi connectivity index (χ1v) is 6.58. The monoisotopic (exact) mass is 280 g/mol. The molecule has 0 aliphatic carbocycles. The van der Waals surface area contributed by atoms with Gasteiger partial charge in [-0.05, 0) is 0 Å². The molecule has 2 fully saturated rings. The number of nitrogens with zero attached hydrogens (tertiary/aromatic N) is 1. The molecule has 1 aromatic heterocycles. The highest BCUT2D eigenvalue weighted by Gasteiger charge is 2.34. The van der Waals surface area contributed by atoms with E-state index in [-0.39, 0.29) is 5.43 Å². The van der Waals surface area contributed by atoms with Crippen molar-refractivity contribution >= 4 is 11.9 Å². The lowest BCUT2D eigenvalue weighted by molar-refractivity contribution is -0.0705. The number of hydrogen-bond donors (Lipinski definition) is 2. The van der Waals surface area contributed by atoms with E-state index in [0.29, 0.717) is 50.7 Å². The highest BCUT2D eigenvalue weighted by molar-refractivity contribution is 5.88. The van der Waals surface area contributed by atoms with Crippen LogP contribution >= 0.6 is 0 Å². The van der Waals surface area contributed by atoms with Gasteiger partial charge in [-0.1, -0.05) is 0 Å². The van der Waals surface area contributed by atoms with Gasteiger partial charge in [-0.2, -0.15) is 0 Å². The molecule has 3 heterocycles.